The summed E-state index contributed by atoms with van der Waals surface area (Å²) in [4.78, 5) is 7.40. The van der Waals surface area contributed by atoms with E-state index in [-0.39, 0.29) is 11.9 Å². The molecule has 0 aromatic carbocycles. The molecule has 0 amide bonds. The summed E-state index contributed by atoms with van der Waals surface area (Å²) in [5, 5.41) is 6.49. The van der Waals surface area contributed by atoms with Crippen molar-refractivity contribution in [2.24, 2.45) is 0 Å². The van der Waals surface area contributed by atoms with Crippen molar-refractivity contribution in [2.45, 2.75) is 32.0 Å². The zero-order valence-electron chi connectivity index (χ0n) is 13.1. The number of ether oxygens (including phenoxy) is 2. The van der Waals surface area contributed by atoms with Gasteiger partial charge in [-0.3, -0.25) is 0 Å². The number of halogens is 3. The third-order valence-corrected chi connectivity index (χ3v) is 3.57. The van der Waals surface area contributed by atoms with Crippen LogP contribution >= 0.6 is 0 Å². The number of hydrogen-bond donors (Lipinski definition) is 1. The van der Waals surface area contributed by atoms with Gasteiger partial charge in [0.25, 0.3) is 11.6 Å². The highest BCUT2D eigenvalue weighted by Crippen LogP contribution is 2.27. The van der Waals surface area contributed by atoms with Gasteiger partial charge in [-0.05, 0) is 19.8 Å². The predicted octanol–water partition coefficient (Wildman–Crippen LogP) is 2.06. The maximum absolute atomic E-state index is 12.7. The highest BCUT2D eigenvalue weighted by atomic mass is 19.4. The van der Waals surface area contributed by atoms with E-state index < -0.39 is 12.0 Å². The number of hydrogen-bond acceptors (Lipinski definition) is 6. The molecular formula is C14H18F3N5O2. The van der Waals surface area contributed by atoms with E-state index in [1.807, 2.05) is 0 Å². The van der Waals surface area contributed by atoms with Gasteiger partial charge in [-0.25, -0.2) is 4.98 Å². The minimum Gasteiger partial charge on any atom is -0.377 e. The van der Waals surface area contributed by atoms with Crippen molar-refractivity contribution in [3.8, 4) is 0 Å². The van der Waals surface area contributed by atoms with Crippen molar-refractivity contribution in [1.29, 1.82) is 0 Å². The van der Waals surface area contributed by atoms with Crippen molar-refractivity contribution in [3.05, 3.63) is 17.6 Å². The van der Waals surface area contributed by atoms with Gasteiger partial charge in [0.05, 0.1) is 19.3 Å². The van der Waals surface area contributed by atoms with E-state index in [1.54, 1.807) is 13.0 Å². The Labute approximate surface area is 136 Å². The van der Waals surface area contributed by atoms with Crippen molar-refractivity contribution < 1.29 is 22.6 Å². The third-order valence-electron chi connectivity index (χ3n) is 3.57. The molecule has 0 bridgehead atoms. The average Bonchev–Trinajstić information content (AvgIpc) is 3.14. The van der Waals surface area contributed by atoms with Gasteiger partial charge in [-0.1, -0.05) is 0 Å². The molecule has 24 heavy (non-hydrogen) atoms. The monoisotopic (exact) mass is 345 g/mol. The van der Waals surface area contributed by atoms with Crippen LogP contribution in [0.3, 0.4) is 0 Å². The number of fused-ring (bicyclic) bond motifs is 1. The van der Waals surface area contributed by atoms with Crippen LogP contribution in [-0.4, -0.2) is 52.1 Å². The molecule has 0 spiro atoms. The maximum atomic E-state index is 12.7. The number of nitrogens with zero attached hydrogens (tertiary/aromatic N) is 4. The smallest absolute Gasteiger partial charge is 0.377 e. The van der Waals surface area contributed by atoms with Crippen LogP contribution in [0.25, 0.3) is 5.78 Å². The normalized spacial score (nSPS) is 18.4. The molecule has 1 fully saturated rings. The lowest BCUT2D eigenvalue weighted by atomic mass is 10.2. The van der Waals surface area contributed by atoms with Crippen LogP contribution in [0.4, 0.5) is 19.0 Å². The largest absolute Gasteiger partial charge is 0.453 e. The van der Waals surface area contributed by atoms with E-state index >= 15 is 0 Å². The molecule has 1 aliphatic heterocycles. The lowest BCUT2D eigenvalue weighted by Crippen LogP contribution is -2.18. The predicted molar refractivity (Wildman–Crippen MR) is 78.8 cm³/mol. The SMILES string of the molecule is Cc1cc(NCCOCC2CCCO2)n2nc(C(F)(F)F)nc2n1. The molecule has 3 rings (SSSR count). The number of aromatic nitrogens is 4. The van der Waals surface area contributed by atoms with Gasteiger partial charge in [0, 0.05) is 24.9 Å². The lowest BCUT2D eigenvalue weighted by Gasteiger charge is -2.11. The van der Waals surface area contributed by atoms with E-state index in [0.29, 0.717) is 31.3 Å². The van der Waals surface area contributed by atoms with Gasteiger partial charge in [0.15, 0.2) is 0 Å². The summed E-state index contributed by atoms with van der Waals surface area (Å²) in [6, 6.07) is 1.61. The summed E-state index contributed by atoms with van der Waals surface area (Å²) in [6.45, 7) is 3.81. The first-order valence-corrected chi connectivity index (χ1v) is 7.68. The Morgan fingerprint density at radius 3 is 2.96 bits per heavy atom. The molecule has 1 saturated heterocycles. The van der Waals surface area contributed by atoms with Crippen LogP contribution < -0.4 is 5.32 Å². The van der Waals surface area contributed by atoms with Gasteiger partial charge in [-0.2, -0.15) is 22.7 Å². The van der Waals surface area contributed by atoms with Gasteiger partial charge >= 0.3 is 6.18 Å². The Balaban J connectivity index is 1.61. The fourth-order valence-electron chi connectivity index (χ4n) is 2.47. The minimum atomic E-state index is -4.61. The molecule has 2 aromatic heterocycles. The number of aryl methyl sites for hydroxylation is 1. The molecule has 132 valence electrons. The van der Waals surface area contributed by atoms with Gasteiger partial charge < -0.3 is 14.8 Å². The molecule has 1 aliphatic rings. The number of anilines is 1. The highest BCUT2D eigenvalue weighted by molar-refractivity contribution is 5.45. The van der Waals surface area contributed by atoms with E-state index in [4.69, 9.17) is 9.47 Å². The van der Waals surface area contributed by atoms with Crippen LogP contribution in [0, 0.1) is 6.92 Å². The summed E-state index contributed by atoms with van der Waals surface area (Å²) in [6.07, 6.45) is -2.42. The highest BCUT2D eigenvalue weighted by Gasteiger charge is 2.36. The molecule has 0 radical (unpaired) electrons. The second kappa shape index (κ2) is 6.89. The number of rotatable bonds is 6. The molecule has 10 heteroatoms. The van der Waals surface area contributed by atoms with Crippen molar-refractivity contribution in [2.75, 3.05) is 31.7 Å². The third kappa shape index (κ3) is 3.93. The Morgan fingerprint density at radius 2 is 2.25 bits per heavy atom. The Morgan fingerprint density at radius 1 is 1.42 bits per heavy atom. The van der Waals surface area contributed by atoms with Crippen molar-refractivity contribution >= 4 is 11.6 Å². The van der Waals surface area contributed by atoms with Gasteiger partial charge in [-0.15, -0.1) is 5.10 Å². The van der Waals surface area contributed by atoms with E-state index in [1.165, 1.54) is 0 Å². The molecule has 1 atom stereocenters. The van der Waals surface area contributed by atoms with E-state index in [0.717, 1.165) is 24.0 Å². The first-order chi connectivity index (χ1) is 11.4. The Hall–Kier alpha value is -1.94. The summed E-state index contributed by atoms with van der Waals surface area (Å²) < 4.78 is 50.2. The minimum absolute atomic E-state index is 0.0925. The van der Waals surface area contributed by atoms with E-state index in [2.05, 4.69) is 20.4 Å². The first kappa shape index (κ1) is 16.9. The lowest BCUT2D eigenvalue weighted by molar-refractivity contribution is -0.144. The summed E-state index contributed by atoms with van der Waals surface area (Å²) in [5.74, 6) is -0.912. The summed E-state index contributed by atoms with van der Waals surface area (Å²) in [7, 11) is 0. The number of nitrogens with one attached hydrogen (secondary N) is 1. The molecule has 3 heterocycles. The average molecular weight is 345 g/mol. The van der Waals surface area contributed by atoms with Gasteiger partial charge in [0.1, 0.15) is 5.82 Å². The van der Waals surface area contributed by atoms with Crippen LogP contribution in [0.1, 0.15) is 24.4 Å². The summed E-state index contributed by atoms with van der Waals surface area (Å²) in [5.41, 5.74) is 0.548. The molecule has 0 aliphatic carbocycles. The topological polar surface area (TPSA) is 73.6 Å². The molecule has 7 nitrogen and oxygen atoms in total. The molecule has 1 N–H and O–H groups in total. The maximum Gasteiger partial charge on any atom is 0.453 e. The fraction of sp³-hybridized carbons (Fsp3) is 0.643. The second-order valence-corrected chi connectivity index (χ2v) is 5.56. The quantitative estimate of drug-likeness (QED) is 0.808. The molecule has 2 aromatic rings. The first-order valence-electron chi connectivity index (χ1n) is 7.68. The summed E-state index contributed by atoms with van der Waals surface area (Å²) >= 11 is 0. The number of alkyl halides is 3. The Bertz CT molecular complexity index is 698. The standard InChI is InChI=1S/C14H18F3N5O2/c1-9-7-11(18-4-6-23-8-10-3-2-5-24-10)22-13(19-9)20-12(21-22)14(15,16)17/h7,10,18H,2-6,8H2,1H3. The zero-order valence-corrected chi connectivity index (χ0v) is 13.1. The van der Waals surface area contributed by atoms with E-state index in [9.17, 15) is 13.2 Å². The van der Waals surface area contributed by atoms with Crippen LogP contribution in [-0.2, 0) is 15.7 Å². The molecule has 0 saturated carbocycles. The van der Waals surface area contributed by atoms with Gasteiger partial charge in [0.2, 0.25) is 0 Å². The zero-order chi connectivity index (χ0) is 17.2. The molecular weight excluding hydrogens is 327 g/mol. The van der Waals surface area contributed by atoms with Crippen LogP contribution in [0.5, 0.6) is 0 Å². The Kier molecular flexibility index (Phi) is 4.86. The van der Waals surface area contributed by atoms with Crippen LogP contribution in [0.2, 0.25) is 0 Å². The fourth-order valence-corrected chi connectivity index (χ4v) is 2.47. The van der Waals surface area contributed by atoms with Crippen molar-refractivity contribution in [1.82, 2.24) is 19.6 Å². The van der Waals surface area contributed by atoms with Crippen LogP contribution in [0.15, 0.2) is 6.07 Å². The second-order valence-electron chi connectivity index (χ2n) is 5.56. The molecule has 1 unspecified atom stereocenters. The van der Waals surface area contributed by atoms with Crippen molar-refractivity contribution in [3.63, 3.8) is 0 Å².